The third kappa shape index (κ3) is 2.61. The Hall–Kier alpha value is -3.54. The topological polar surface area (TPSA) is 81.5 Å². The van der Waals surface area contributed by atoms with Crippen LogP contribution in [0.5, 0.6) is 0 Å². The first kappa shape index (κ1) is 14.1. The molecule has 4 rings (SSSR count). The summed E-state index contributed by atoms with van der Waals surface area (Å²) in [4.78, 5) is 1.58. The van der Waals surface area contributed by atoms with Crippen LogP contribution in [0.3, 0.4) is 0 Å². The molecule has 0 aliphatic rings. The number of hydrogen-bond donors (Lipinski definition) is 1. The second-order valence-corrected chi connectivity index (χ2v) is 5.23. The Bertz CT molecular complexity index is 1000. The van der Waals surface area contributed by atoms with Crippen molar-refractivity contribution in [3.8, 4) is 5.69 Å². The molecule has 0 spiro atoms. The number of hydrogen-bond acceptors (Lipinski definition) is 5. The molecule has 0 fully saturated rings. The highest BCUT2D eigenvalue weighted by atomic mass is 15.5. The van der Waals surface area contributed by atoms with Gasteiger partial charge in [0.25, 0.3) is 0 Å². The molecule has 0 amide bonds. The molecule has 24 heavy (non-hydrogen) atoms. The third-order valence-corrected chi connectivity index (χ3v) is 3.59. The minimum absolute atomic E-state index is 0.585. The Morgan fingerprint density at radius 1 is 0.667 bits per heavy atom. The van der Waals surface area contributed by atoms with Gasteiger partial charge in [-0.05, 0) is 36.4 Å². The fraction of sp³-hybridized carbons (Fsp3) is 0. The maximum atomic E-state index is 5.90. The van der Waals surface area contributed by atoms with Gasteiger partial charge in [0.15, 0.2) is 0 Å². The van der Waals surface area contributed by atoms with Crippen molar-refractivity contribution in [1.29, 1.82) is 0 Å². The zero-order valence-corrected chi connectivity index (χ0v) is 12.7. The van der Waals surface area contributed by atoms with E-state index in [1.807, 2.05) is 66.7 Å². The zero-order valence-electron chi connectivity index (χ0n) is 12.7. The molecule has 1 heterocycles. The van der Waals surface area contributed by atoms with Gasteiger partial charge < -0.3 is 5.73 Å². The van der Waals surface area contributed by atoms with E-state index in [1.165, 1.54) is 0 Å². The fourth-order valence-corrected chi connectivity index (χ4v) is 2.37. The van der Waals surface area contributed by atoms with E-state index in [4.69, 9.17) is 5.73 Å². The molecule has 2 N–H and O–H groups in total. The summed E-state index contributed by atoms with van der Waals surface area (Å²) in [5.74, 6) is 0. The first-order chi connectivity index (χ1) is 11.8. The van der Waals surface area contributed by atoms with Gasteiger partial charge in [-0.2, -0.15) is 0 Å². The van der Waals surface area contributed by atoms with Crippen LogP contribution in [0, 0.1) is 0 Å². The van der Waals surface area contributed by atoms with Crippen LogP contribution in [0.1, 0.15) is 0 Å². The predicted octanol–water partition coefficient (Wildman–Crippen LogP) is 4.42. The van der Waals surface area contributed by atoms with Crippen LogP contribution in [0.25, 0.3) is 16.7 Å². The summed E-state index contributed by atoms with van der Waals surface area (Å²) in [6.45, 7) is 0. The lowest BCUT2D eigenvalue weighted by molar-refractivity contribution is 0.765. The van der Waals surface area contributed by atoms with E-state index in [9.17, 15) is 0 Å². The smallest absolute Gasteiger partial charge is 0.113 e. The molecule has 0 radical (unpaired) electrons. The monoisotopic (exact) mass is 314 g/mol. The van der Waals surface area contributed by atoms with Crippen molar-refractivity contribution >= 4 is 28.1 Å². The number of nitrogens with two attached hydrogens (primary N) is 1. The van der Waals surface area contributed by atoms with Crippen LogP contribution in [0.15, 0.2) is 83.0 Å². The summed E-state index contributed by atoms with van der Waals surface area (Å²) in [7, 11) is 0. The molecule has 0 aliphatic carbocycles. The van der Waals surface area contributed by atoms with E-state index in [0.717, 1.165) is 16.7 Å². The van der Waals surface area contributed by atoms with Crippen LogP contribution >= 0.6 is 0 Å². The van der Waals surface area contributed by atoms with Crippen molar-refractivity contribution in [3.05, 3.63) is 72.8 Å². The van der Waals surface area contributed by atoms with E-state index in [2.05, 4.69) is 20.4 Å². The SMILES string of the molecule is Nc1ccccc1N=Nc1ccccc1-n1nc2ccccc2n1. The highest BCUT2D eigenvalue weighted by Gasteiger charge is 2.08. The number of benzene rings is 3. The standard InChI is InChI=1S/C18H14N6/c19-13-7-1-2-8-14(13)20-21-17-11-5-6-12-18(17)24-22-15-9-3-4-10-16(15)23-24/h1-12H,19H2. The minimum atomic E-state index is 0.585. The van der Waals surface area contributed by atoms with Gasteiger partial charge in [0.2, 0.25) is 0 Å². The zero-order chi connectivity index (χ0) is 16.4. The summed E-state index contributed by atoms with van der Waals surface area (Å²) in [5.41, 5.74) is 10.2. The number of para-hydroxylation sites is 2. The molecule has 3 aromatic carbocycles. The van der Waals surface area contributed by atoms with Gasteiger partial charge in [-0.1, -0.05) is 36.4 Å². The van der Waals surface area contributed by atoms with Gasteiger partial charge in [0.1, 0.15) is 28.1 Å². The maximum absolute atomic E-state index is 5.90. The summed E-state index contributed by atoms with van der Waals surface area (Å²) in [6.07, 6.45) is 0. The largest absolute Gasteiger partial charge is 0.397 e. The second kappa shape index (κ2) is 5.92. The van der Waals surface area contributed by atoms with Crippen LogP contribution in [-0.4, -0.2) is 15.0 Å². The van der Waals surface area contributed by atoms with Crippen molar-refractivity contribution in [2.24, 2.45) is 10.2 Å². The summed E-state index contributed by atoms with van der Waals surface area (Å²) in [5, 5.41) is 17.6. The molecule has 6 nitrogen and oxygen atoms in total. The fourth-order valence-electron chi connectivity index (χ4n) is 2.37. The van der Waals surface area contributed by atoms with Gasteiger partial charge in [-0.15, -0.1) is 25.2 Å². The number of rotatable bonds is 3. The predicted molar refractivity (Wildman–Crippen MR) is 93.9 cm³/mol. The average Bonchev–Trinajstić information content (AvgIpc) is 3.05. The minimum Gasteiger partial charge on any atom is -0.397 e. The Kier molecular flexibility index (Phi) is 3.47. The maximum Gasteiger partial charge on any atom is 0.113 e. The van der Waals surface area contributed by atoms with Gasteiger partial charge in [-0.3, -0.25) is 0 Å². The molecule has 0 aliphatic heterocycles. The summed E-state index contributed by atoms with van der Waals surface area (Å²) < 4.78 is 0. The Morgan fingerprint density at radius 3 is 1.92 bits per heavy atom. The normalized spacial score (nSPS) is 11.3. The lowest BCUT2D eigenvalue weighted by Gasteiger charge is -2.03. The molecular weight excluding hydrogens is 300 g/mol. The molecule has 0 saturated carbocycles. The molecule has 0 bridgehead atoms. The summed E-state index contributed by atoms with van der Waals surface area (Å²) >= 11 is 0. The van der Waals surface area contributed by atoms with E-state index < -0.39 is 0 Å². The van der Waals surface area contributed by atoms with Gasteiger partial charge in [-0.25, -0.2) is 0 Å². The van der Waals surface area contributed by atoms with Crippen LogP contribution in [-0.2, 0) is 0 Å². The Balaban J connectivity index is 1.77. The molecular formula is C18H14N6. The summed E-state index contributed by atoms with van der Waals surface area (Å²) in [6, 6.07) is 22.7. The van der Waals surface area contributed by atoms with Crippen molar-refractivity contribution in [1.82, 2.24) is 15.0 Å². The highest BCUT2D eigenvalue weighted by Crippen LogP contribution is 2.27. The Labute approximate surface area is 138 Å². The Morgan fingerprint density at radius 2 is 1.21 bits per heavy atom. The van der Waals surface area contributed by atoms with E-state index >= 15 is 0 Å². The molecule has 0 unspecified atom stereocenters. The first-order valence-corrected chi connectivity index (χ1v) is 7.49. The highest BCUT2D eigenvalue weighted by molar-refractivity contribution is 5.74. The van der Waals surface area contributed by atoms with Gasteiger partial charge >= 0.3 is 0 Å². The van der Waals surface area contributed by atoms with Crippen molar-refractivity contribution in [3.63, 3.8) is 0 Å². The van der Waals surface area contributed by atoms with E-state index in [1.54, 1.807) is 10.9 Å². The van der Waals surface area contributed by atoms with Crippen molar-refractivity contribution in [2.75, 3.05) is 5.73 Å². The van der Waals surface area contributed by atoms with E-state index in [-0.39, 0.29) is 0 Å². The molecule has 4 aromatic rings. The molecule has 1 aromatic heterocycles. The molecule has 0 saturated heterocycles. The second-order valence-electron chi connectivity index (χ2n) is 5.23. The molecule has 116 valence electrons. The lowest BCUT2D eigenvalue weighted by Crippen LogP contribution is -1.98. The average molecular weight is 314 g/mol. The van der Waals surface area contributed by atoms with Crippen LogP contribution in [0.2, 0.25) is 0 Å². The number of nitrogens with zero attached hydrogens (tertiary/aromatic N) is 5. The number of aromatic nitrogens is 3. The van der Waals surface area contributed by atoms with E-state index in [0.29, 0.717) is 17.1 Å². The molecule has 6 heteroatoms. The van der Waals surface area contributed by atoms with Crippen molar-refractivity contribution < 1.29 is 0 Å². The van der Waals surface area contributed by atoms with Gasteiger partial charge in [0.05, 0.1) is 5.69 Å². The number of nitrogen functional groups attached to an aromatic ring is 1. The van der Waals surface area contributed by atoms with Crippen LogP contribution < -0.4 is 5.73 Å². The number of azo groups is 1. The quantitative estimate of drug-likeness (QED) is 0.449. The number of fused-ring (bicyclic) bond motifs is 1. The molecule has 0 atom stereocenters. The first-order valence-electron chi connectivity index (χ1n) is 7.49. The number of anilines is 1. The van der Waals surface area contributed by atoms with Crippen molar-refractivity contribution in [2.45, 2.75) is 0 Å². The van der Waals surface area contributed by atoms with Crippen LogP contribution in [0.4, 0.5) is 17.1 Å². The lowest BCUT2D eigenvalue weighted by atomic mass is 10.3. The third-order valence-electron chi connectivity index (χ3n) is 3.59. The van der Waals surface area contributed by atoms with Gasteiger partial charge in [0, 0.05) is 0 Å².